The van der Waals surface area contributed by atoms with Crippen molar-refractivity contribution in [3.63, 3.8) is 0 Å². The molecule has 0 heterocycles. The number of fused-ring (bicyclic) bond motifs is 5. The third kappa shape index (κ3) is 3.66. The van der Waals surface area contributed by atoms with Gasteiger partial charge in [0.2, 0.25) is 0 Å². The predicted molar refractivity (Wildman–Crippen MR) is 128 cm³/mol. The maximum absolute atomic E-state index is 10.3. The molecule has 170 valence electrons. The molecular weight excluding hydrogens is 364 g/mol. The van der Waals surface area contributed by atoms with Gasteiger partial charge in [-0.05, 0) is 117 Å². The highest BCUT2D eigenvalue weighted by Gasteiger charge is 2.58. The molecule has 0 aromatic carbocycles. The molecule has 3 saturated carbocycles. The second-order valence-corrected chi connectivity index (χ2v) is 12.4. The van der Waals surface area contributed by atoms with E-state index in [2.05, 4.69) is 53.7 Å². The normalized spacial score (nSPS) is 44.9. The number of allylic oxidation sites excluding steroid dienone is 4. The van der Waals surface area contributed by atoms with Gasteiger partial charge in [-0.3, -0.25) is 0 Å². The lowest BCUT2D eigenvalue weighted by atomic mass is 9.47. The van der Waals surface area contributed by atoms with Gasteiger partial charge in [0.25, 0.3) is 0 Å². The Kier molecular flexibility index (Phi) is 6.35. The Morgan fingerprint density at radius 1 is 1.07 bits per heavy atom. The van der Waals surface area contributed by atoms with Gasteiger partial charge in [-0.2, -0.15) is 0 Å². The smallest absolute Gasteiger partial charge is 0.0543 e. The first-order valence-electron chi connectivity index (χ1n) is 13.2. The van der Waals surface area contributed by atoms with E-state index in [4.69, 9.17) is 0 Å². The third-order valence-electron chi connectivity index (χ3n) is 10.8. The number of hydrogen-bond acceptors (Lipinski definition) is 1. The Morgan fingerprint density at radius 2 is 1.77 bits per heavy atom. The Bertz CT molecular complexity index is 686. The summed E-state index contributed by atoms with van der Waals surface area (Å²) in [6.45, 7) is 14.7. The summed E-state index contributed by atoms with van der Waals surface area (Å²) in [5.41, 5.74) is 4.49. The Labute approximate surface area is 186 Å². The molecule has 0 unspecified atom stereocenters. The second kappa shape index (κ2) is 8.42. The molecule has 0 radical (unpaired) electrons. The molecule has 30 heavy (non-hydrogen) atoms. The summed E-state index contributed by atoms with van der Waals surface area (Å²) in [6, 6.07) is 0. The maximum atomic E-state index is 10.3. The zero-order valence-electron chi connectivity index (χ0n) is 20.7. The number of aliphatic hydroxyl groups excluding tert-OH is 1. The van der Waals surface area contributed by atoms with Gasteiger partial charge in [0.05, 0.1) is 6.10 Å². The molecule has 0 amide bonds. The van der Waals surface area contributed by atoms with Gasteiger partial charge < -0.3 is 5.11 Å². The molecule has 0 aromatic rings. The van der Waals surface area contributed by atoms with Crippen LogP contribution in [0.25, 0.3) is 0 Å². The van der Waals surface area contributed by atoms with Gasteiger partial charge in [-0.1, -0.05) is 57.9 Å². The number of aliphatic hydroxyl groups is 1. The molecule has 0 saturated heterocycles. The molecule has 0 aromatic heterocycles. The third-order valence-corrected chi connectivity index (χ3v) is 10.8. The number of hydrogen-bond donors (Lipinski definition) is 1. The highest BCUT2D eigenvalue weighted by atomic mass is 16.3. The van der Waals surface area contributed by atoms with Gasteiger partial charge in [-0.15, -0.1) is 0 Å². The molecular formula is C29H48O. The molecule has 1 heteroatoms. The lowest BCUT2D eigenvalue weighted by Crippen LogP contribution is -2.49. The van der Waals surface area contributed by atoms with E-state index in [0.717, 1.165) is 36.5 Å². The van der Waals surface area contributed by atoms with E-state index < -0.39 is 0 Å². The van der Waals surface area contributed by atoms with Crippen molar-refractivity contribution in [2.45, 2.75) is 112 Å². The molecule has 3 fully saturated rings. The average Bonchev–Trinajstić information content (AvgIpc) is 3.06. The van der Waals surface area contributed by atoms with E-state index >= 15 is 0 Å². The van der Waals surface area contributed by atoms with Crippen LogP contribution in [0.4, 0.5) is 0 Å². The van der Waals surface area contributed by atoms with Crippen LogP contribution in [0.1, 0.15) is 106 Å². The zero-order valence-corrected chi connectivity index (χ0v) is 20.7. The Hall–Kier alpha value is -0.560. The summed E-state index contributed by atoms with van der Waals surface area (Å²) in [4.78, 5) is 0. The minimum atomic E-state index is -0.0449. The summed E-state index contributed by atoms with van der Waals surface area (Å²) in [5.74, 6) is 4.77. The molecule has 1 nitrogen and oxygen atoms in total. The molecule has 8 atom stereocenters. The van der Waals surface area contributed by atoms with Crippen molar-refractivity contribution in [1.29, 1.82) is 0 Å². The maximum Gasteiger partial charge on any atom is 0.0543 e. The van der Waals surface area contributed by atoms with E-state index in [9.17, 15) is 5.11 Å². The molecule has 4 aliphatic rings. The van der Waals surface area contributed by atoms with Crippen LogP contribution >= 0.6 is 0 Å². The van der Waals surface area contributed by atoms with Crippen LogP contribution in [0.3, 0.4) is 0 Å². The predicted octanol–water partition coefficient (Wildman–Crippen LogP) is 7.94. The quantitative estimate of drug-likeness (QED) is 0.454. The summed E-state index contributed by atoms with van der Waals surface area (Å²) in [7, 11) is 0. The lowest BCUT2D eigenvalue weighted by molar-refractivity contribution is -0.0427. The standard InChI is InChI=1S/C29H48O/c1-7-21(19(2)3)9-8-20(4)25-12-13-26-24-11-10-22-18-23(30)14-16-28(22,5)27(24)15-17-29(25,26)6/h7,11,19-20,22-23,25-27,30H,8-10,12-18H2,1-6H3/b21-7-/t20-,22-,23+,25-,26+,27+,28+,29-/m1/s1. The van der Waals surface area contributed by atoms with Crippen LogP contribution in [0.15, 0.2) is 23.3 Å². The van der Waals surface area contributed by atoms with E-state index in [1.165, 1.54) is 51.4 Å². The van der Waals surface area contributed by atoms with Crippen LogP contribution in [-0.4, -0.2) is 11.2 Å². The van der Waals surface area contributed by atoms with Gasteiger partial charge in [-0.25, -0.2) is 0 Å². The van der Waals surface area contributed by atoms with Gasteiger partial charge in [0, 0.05) is 0 Å². The van der Waals surface area contributed by atoms with Gasteiger partial charge in [0.15, 0.2) is 0 Å². The molecule has 0 spiro atoms. The highest BCUT2D eigenvalue weighted by Crippen LogP contribution is 2.67. The molecule has 4 rings (SSSR count). The van der Waals surface area contributed by atoms with Crippen molar-refractivity contribution in [3.05, 3.63) is 23.3 Å². The summed E-state index contributed by atoms with van der Waals surface area (Å²) < 4.78 is 0. The molecule has 0 aliphatic heterocycles. The van der Waals surface area contributed by atoms with Crippen LogP contribution < -0.4 is 0 Å². The van der Waals surface area contributed by atoms with Crippen molar-refractivity contribution in [2.24, 2.45) is 46.3 Å². The topological polar surface area (TPSA) is 20.2 Å². The minimum absolute atomic E-state index is 0.0449. The fourth-order valence-corrected chi connectivity index (χ4v) is 8.83. The van der Waals surface area contributed by atoms with Crippen LogP contribution in [-0.2, 0) is 0 Å². The van der Waals surface area contributed by atoms with E-state index in [1.54, 1.807) is 5.57 Å². The second-order valence-electron chi connectivity index (χ2n) is 12.4. The highest BCUT2D eigenvalue weighted by molar-refractivity contribution is 5.27. The summed E-state index contributed by atoms with van der Waals surface area (Å²) in [5, 5.41) is 10.3. The molecule has 1 N–H and O–H groups in total. The van der Waals surface area contributed by atoms with E-state index in [0.29, 0.717) is 22.7 Å². The van der Waals surface area contributed by atoms with E-state index in [-0.39, 0.29) is 6.10 Å². The molecule has 4 aliphatic carbocycles. The molecule has 0 bridgehead atoms. The first-order chi connectivity index (χ1) is 14.2. The van der Waals surface area contributed by atoms with Gasteiger partial charge >= 0.3 is 0 Å². The zero-order chi connectivity index (χ0) is 21.7. The van der Waals surface area contributed by atoms with Crippen LogP contribution in [0, 0.1) is 46.3 Å². The summed E-state index contributed by atoms with van der Waals surface area (Å²) >= 11 is 0. The first kappa shape index (κ1) is 22.6. The van der Waals surface area contributed by atoms with Crippen molar-refractivity contribution < 1.29 is 5.11 Å². The van der Waals surface area contributed by atoms with Crippen molar-refractivity contribution >= 4 is 0 Å². The Morgan fingerprint density at radius 3 is 2.47 bits per heavy atom. The SMILES string of the molecule is C/C=C(/CC[C@@H](C)[C@H]1CC[C@H]2C3=CC[C@@H]4C[C@@H](O)CC[C@]4(C)[C@H]3CC[C@]12C)C(C)C. The van der Waals surface area contributed by atoms with Crippen molar-refractivity contribution in [3.8, 4) is 0 Å². The fraction of sp³-hybridized carbons (Fsp3) is 0.862. The first-order valence-corrected chi connectivity index (χ1v) is 13.2. The van der Waals surface area contributed by atoms with Crippen LogP contribution in [0.5, 0.6) is 0 Å². The summed E-state index contributed by atoms with van der Waals surface area (Å²) in [6.07, 6.45) is 17.9. The number of rotatable bonds is 5. The van der Waals surface area contributed by atoms with Crippen molar-refractivity contribution in [1.82, 2.24) is 0 Å². The van der Waals surface area contributed by atoms with Crippen molar-refractivity contribution in [2.75, 3.05) is 0 Å². The van der Waals surface area contributed by atoms with E-state index in [1.807, 2.05) is 5.57 Å². The fourth-order valence-electron chi connectivity index (χ4n) is 8.83. The lowest BCUT2D eigenvalue weighted by Gasteiger charge is -2.57. The minimum Gasteiger partial charge on any atom is -0.393 e. The average molecular weight is 413 g/mol. The van der Waals surface area contributed by atoms with Gasteiger partial charge in [0.1, 0.15) is 0 Å². The monoisotopic (exact) mass is 412 g/mol. The Balaban J connectivity index is 1.50. The van der Waals surface area contributed by atoms with Crippen LogP contribution in [0.2, 0.25) is 0 Å². The largest absolute Gasteiger partial charge is 0.393 e.